The van der Waals surface area contributed by atoms with Crippen molar-refractivity contribution in [2.45, 2.75) is 27.3 Å². The number of carbonyl (C=O) groups is 1. The number of amides is 1. The standard InChI is InChI=1S/C13H15ClN4O/c1-4-18-11(10(14)9(3)17-18)13(19)16-12-8(2)6-5-7-15-12/h5-7H,4H2,1-3H3,(H,15,16,19). The van der Waals surface area contributed by atoms with E-state index in [4.69, 9.17) is 11.6 Å². The SMILES string of the molecule is CCn1nc(C)c(Cl)c1C(=O)Nc1ncccc1C. The summed E-state index contributed by atoms with van der Waals surface area (Å²) in [6, 6.07) is 3.70. The maximum Gasteiger partial charge on any atom is 0.276 e. The van der Waals surface area contributed by atoms with Crippen molar-refractivity contribution in [3.8, 4) is 0 Å². The number of hydrogen-bond acceptors (Lipinski definition) is 3. The van der Waals surface area contributed by atoms with Gasteiger partial charge < -0.3 is 5.32 Å². The lowest BCUT2D eigenvalue weighted by molar-refractivity contribution is 0.101. The summed E-state index contributed by atoms with van der Waals surface area (Å²) in [6.07, 6.45) is 1.63. The zero-order valence-electron chi connectivity index (χ0n) is 11.1. The number of pyridine rings is 1. The second-order valence-corrected chi connectivity index (χ2v) is 4.56. The van der Waals surface area contributed by atoms with Crippen LogP contribution in [0.25, 0.3) is 0 Å². The van der Waals surface area contributed by atoms with E-state index in [9.17, 15) is 4.79 Å². The molecule has 0 saturated carbocycles. The quantitative estimate of drug-likeness (QED) is 0.939. The van der Waals surface area contributed by atoms with Gasteiger partial charge in [0.1, 0.15) is 11.5 Å². The highest BCUT2D eigenvalue weighted by molar-refractivity contribution is 6.34. The largest absolute Gasteiger partial charge is 0.305 e. The topological polar surface area (TPSA) is 59.8 Å². The second kappa shape index (κ2) is 5.40. The fourth-order valence-corrected chi connectivity index (χ4v) is 2.01. The number of aryl methyl sites for hydroxylation is 3. The van der Waals surface area contributed by atoms with Crippen LogP contribution in [0.1, 0.15) is 28.7 Å². The minimum Gasteiger partial charge on any atom is -0.305 e. The maximum atomic E-state index is 12.3. The Morgan fingerprint density at radius 3 is 2.84 bits per heavy atom. The van der Waals surface area contributed by atoms with E-state index in [1.54, 1.807) is 17.8 Å². The molecule has 0 spiro atoms. The number of rotatable bonds is 3. The highest BCUT2D eigenvalue weighted by Crippen LogP contribution is 2.21. The molecule has 2 heterocycles. The lowest BCUT2D eigenvalue weighted by atomic mass is 10.3. The monoisotopic (exact) mass is 278 g/mol. The van der Waals surface area contributed by atoms with Gasteiger partial charge in [0.05, 0.1) is 10.7 Å². The third-order valence-corrected chi connectivity index (χ3v) is 3.26. The number of anilines is 1. The van der Waals surface area contributed by atoms with Crippen molar-refractivity contribution in [1.29, 1.82) is 0 Å². The van der Waals surface area contributed by atoms with Crippen LogP contribution in [0.4, 0.5) is 5.82 Å². The molecule has 0 aliphatic heterocycles. The molecule has 0 unspecified atom stereocenters. The van der Waals surface area contributed by atoms with Crippen LogP contribution in [0.3, 0.4) is 0 Å². The Hall–Kier alpha value is -1.88. The number of nitrogens with zero attached hydrogens (tertiary/aromatic N) is 3. The molecule has 0 atom stereocenters. The summed E-state index contributed by atoms with van der Waals surface area (Å²) in [7, 11) is 0. The Morgan fingerprint density at radius 2 is 2.21 bits per heavy atom. The number of aromatic nitrogens is 3. The lowest BCUT2D eigenvalue weighted by Gasteiger charge is -2.08. The van der Waals surface area contributed by atoms with Gasteiger partial charge in [-0.3, -0.25) is 9.48 Å². The molecule has 0 fully saturated rings. The molecule has 2 rings (SSSR count). The predicted molar refractivity (Wildman–Crippen MR) is 74.6 cm³/mol. The van der Waals surface area contributed by atoms with E-state index in [2.05, 4.69) is 15.4 Å². The van der Waals surface area contributed by atoms with Crippen LogP contribution in [-0.4, -0.2) is 20.7 Å². The van der Waals surface area contributed by atoms with E-state index in [0.29, 0.717) is 28.8 Å². The first-order chi connectivity index (χ1) is 9.04. The van der Waals surface area contributed by atoms with Crippen molar-refractivity contribution < 1.29 is 4.79 Å². The number of halogens is 1. The van der Waals surface area contributed by atoms with Crippen LogP contribution < -0.4 is 5.32 Å². The molecule has 0 bridgehead atoms. The van der Waals surface area contributed by atoms with Crippen molar-refractivity contribution in [3.63, 3.8) is 0 Å². The van der Waals surface area contributed by atoms with Gasteiger partial charge in [-0.05, 0) is 32.4 Å². The maximum absolute atomic E-state index is 12.3. The van der Waals surface area contributed by atoms with Crippen LogP contribution in [0, 0.1) is 13.8 Å². The Bertz CT molecular complexity index is 621. The van der Waals surface area contributed by atoms with E-state index in [1.807, 2.05) is 26.0 Å². The first kappa shape index (κ1) is 13.5. The fraction of sp³-hybridized carbons (Fsp3) is 0.308. The van der Waals surface area contributed by atoms with Crippen molar-refractivity contribution in [1.82, 2.24) is 14.8 Å². The van der Waals surface area contributed by atoms with Gasteiger partial charge in [0.2, 0.25) is 0 Å². The van der Waals surface area contributed by atoms with Gasteiger partial charge in [-0.2, -0.15) is 5.10 Å². The van der Waals surface area contributed by atoms with Crippen LogP contribution in [0.5, 0.6) is 0 Å². The van der Waals surface area contributed by atoms with Gasteiger partial charge in [-0.25, -0.2) is 4.98 Å². The van der Waals surface area contributed by atoms with Gasteiger partial charge >= 0.3 is 0 Å². The fourth-order valence-electron chi connectivity index (χ4n) is 1.79. The van der Waals surface area contributed by atoms with E-state index in [-0.39, 0.29) is 5.91 Å². The number of carbonyl (C=O) groups excluding carboxylic acids is 1. The molecular weight excluding hydrogens is 264 g/mol. The number of nitrogens with one attached hydrogen (secondary N) is 1. The van der Waals surface area contributed by atoms with Crippen LogP contribution in [0.15, 0.2) is 18.3 Å². The predicted octanol–water partition coefficient (Wildman–Crippen LogP) is 2.82. The number of hydrogen-bond donors (Lipinski definition) is 1. The van der Waals surface area contributed by atoms with Crippen molar-refractivity contribution in [3.05, 3.63) is 40.3 Å². The third kappa shape index (κ3) is 2.61. The molecule has 6 heteroatoms. The van der Waals surface area contributed by atoms with Crippen LogP contribution in [-0.2, 0) is 6.54 Å². The minimum absolute atomic E-state index is 0.297. The van der Waals surface area contributed by atoms with Gasteiger partial charge in [0.25, 0.3) is 5.91 Å². The molecule has 2 aromatic rings. The summed E-state index contributed by atoms with van der Waals surface area (Å²) in [6.45, 7) is 6.15. The van der Waals surface area contributed by atoms with Crippen molar-refractivity contribution >= 4 is 23.3 Å². The second-order valence-electron chi connectivity index (χ2n) is 4.19. The van der Waals surface area contributed by atoms with Crippen LogP contribution in [0.2, 0.25) is 5.02 Å². The molecule has 5 nitrogen and oxygen atoms in total. The summed E-state index contributed by atoms with van der Waals surface area (Å²) < 4.78 is 1.59. The average Bonchev–Trinajstić information content (AvgIpc) is 2.68. The summed E-state index contributed by atoms with van der Waals surface area (Å²) in [4.78, 5) is 16.4. The van der Waals surface area contributed by atoms with E-state index < -0.39 is 0 Å². The zero-order valence-corrected chi connectivity index (χ0v) is 11.8. The molecule has 0 aromatic carbocycles. The summed E-state index contributed by atoms with van der Waals surface area (Å²) in [5.41, 5.74) is 1.91. The molecule has 1 N–H and O–H groups in total. The van der Waals surface area contributed by atoms with Gasteiger partial charge in [-0.1, -0.05) is 17.7 Å². The van der Waals surface area contributed by atoms with E-state index in [1.165, 1.54) is 0 Å². The molecule has 19 heavy (non-hydrogen) atoms. The molecule has 0 aliphatic rings. The minimum atomic E-state index is -0.297. The molecule has 0 radical (unpaired) electrons. The van der Waals surface area contributed by atoms with Crippen molar-refractivity contribution in [2.24, 2.45) is 0 Å². The molecular formula is C13H15ClN4O. The van der Waals surface area contributed by atoms with Crippen LogP contribution >= 0.6 is 11.6 Å². The Labute approximate surface area is 116 Å². The summed E-state index contributed by atoms with van der Waals surface area (Å²) in [5, 5.41) is 7.36. The highest BCUT2D eigenvalue weighted by atomic mass is 35.5. The molecule has 0 aliphatic carbocycles. The van der Waals surface area contributed by atoms with Crippen molar-refractivity contribution in [2.75, 3.05) is 5.32 Å². The summed E-state index contributed by atoms with van der Waals surface area (Å²) in [5.74, 6) is 0.235. The molecule has 100 valence electrons. The average molecular weight is 279 g/mol. The van der Waals surface area contributed by atoms with Gasteiger partial charge in [-0.15, -0.1) is 0 Å². The smallest absolute Gasteiger partial charge is 0.276 e. The molecule has 2 aromatic heterocycles. The van der Waals surface area contributed by atoms with E-state index in [0.717, 1.165) is 5.56 Å². The third-order valence-electron chi connectivity index (χ3n) is 2.81. The van der Waals surface area contributed by atoms with Gasteiger partial charge in [0, 0.05) is 12.7 Å². The Morgan fingerprint density at radius 1 is 1.47 bits per heavy atom. The highest BCUT2D eigenvalue weighted by Gasteiger charge is 2.20. The Balaban J connectivity index is 2.33. The normalized spacial score (nSPS) is 10.5. The summed E-state index contributed by atoms with van der Waals surface area (Å²) >= 11 is 6.13. The van der Waals surface area contributed by atoms with E-state index >= 15 is 0 Å². The van der Waals surface area contributed by atoms with Gasteiger partial charge in [0.15, 0.2) is 0 Å². The molecule has 0 saturated heterocycles. The first-order valence-corrected chi connectivity index (χ1v) is 6.38. The molecule has 1 amide bonds. The first-order valence-electron chi connectivity index (χ1n) is 6.00. The zero-order chi connectivity index (χ0) is 14.0. The lowest BCUT2D eigenvalue weighted by Crippen LogP contribution is -2.19. The Kier molecular flexibility index (Phi) is 3.85.